The summed E-state index contributed by atoms with van der Waals surface area (Å²) >= 11 is 6.06. The minimum absolute atomic E-state index is 0.0345. The average molecular weight is 556 g/mol. The van der Waals surface area contributed by atoms with Crippen molar-refractivity contribution in [1.29, 1.82) is 0 Å². The summed E-state index contributed by atoms with van der Waals surface area (Å²) in [6, 6.07) is 3.49. The molecule has 5 heterocycles. The summed E-state index contributed by atoms with van der Waals surface area (Å²) in [5.74, 6) is -0.417. The van der Waals surface area contributed by atoms with E-state index in [4.69, 9.17) is 17.3 Å². The quantitative estimate of drug-likeness (QED) is 0.331. The Balaban J connectivity index is 1.44. The van der Waals surface area contributed by atoms with Crippen LogP contribution in [0.25, 0.3) is 28.3 Å². The van der Waals surface area contributed by atoms with Crippen LogP contribution in [0.2, 0.25) is 5.02 Å². The summed E-state index contributed by atoms with van der Waals surface area (Å²) in [6.07, 6.45) is 1.31. The SMILES string of the molecule is C[C@H]1C[C@@H](c2ncc(-c3ncc(N)nc3C(F)F)[nH]2)n2c1nc(-c1c(-n3cnnn3)ccc(Cl)c1F)cc2=O. The number of nitrogens with zero attached hydrogens (tertiary/aromatic N) is 9. The van der Waals surface area contributed by atoms with Gasteiger partial charge in [-0.15, -0.1) is 5.10 Å². The molecule has 1 aromatic carbocycles. The lowest BCUT2D eigenvalue weighted by molar-refractivity contribution is 0.146. The second kappa shape index (κ2) is 9.27. The van der Waals surface area contributed by atoms with Crippen molar-refractivity contribution in [2.75, 3.05) is 5.73 Å². The predicted octanol–water partition coefficient (Wildman–Crippen LogP) is 3.48. The molecule has 0 saturated heterocycles. The highest BCUT2D eigenvalue weighted by molar-refractivity contribution is 6.31. The van der Waals surface area contributed by atoms with Crippen LogP contribution in [0.1, 0.15) is 49.1 Å². The maximum atomic E-state index is 15.3. The largest absolute Gasteiger partial charge is 0.382 e. The first kappa shape index (κ1) is 24.7. The van der Waals surface area contributed by atoms with Crippen LogP contribution in [0.3, 0.4) is 0 Å². The summed E-state index contributed by atoms with van der Waals surface area (Å²) in [5.41, 5.74) is 4.83. The number of H-pyrrole nitrogens is 1. The van der Waals surface area contributed by atoms with Crippen molar-refractivity contribution in [3.05, 3.63) is 75.5 Å². The van der Waals surface area contributed by atoms with E-state index in [0.717, 1.165) is 0 Å². The van der Waals surface area contributed by atoms with E-state index >= 15 is 4.39 Å². The van der Waals surface area contributed by atoms with Crippen molar-refractivity contribution in [3.63, 3.8) is 0 Å². The first-order chi connectivity index (χ1) is 18.7. The fourth-order valence-electron chi connectivity index (χ4n) is 4.73. The third-order valence-corrected chi connectivity index (χ3v) is 6.72. The number of nitrogen functional groups attached to an aromatic ring is 1. The molecular weight excluding hydrogens is 539 g/mol. The Bertz CT molecular complexity index is 1770. The Hall–Kier alpha value is -4.66. The molecule has 0 unspecified atom stereocenters. The summed E-state index contributed by atoms with van der Waals surface area (Å²) < 4.78 is 45.1. The topological polar surface area (TPSA) is 159 Å². The number of nitrogens with two attached hydrogens (primary N) is 1. The number of alkyl halides is 2. The highest BCUT2D eigenvalue weighted by atomic mass is 35.5. The van der Waals surface area contributed by atoms with Crippen LogP contribution in [0.15, 0.2) is 41.7 Å². The molecule has 1 aliphatic heterocycles. The molecule has 16 heteroatoms. The number of anilines is 1. The second-order valence-electron chi connectivity index (χ2n) is 8.88. The molecule has 0 saturated carbocycles. The highest BCUT2D eigenvalue weighted by Gasteiger charge is 2.35. The van der Waals surface area contributed by atoms with Crippen LogP contribution in [0.4, 0.5) is 19.0 Å². The van der Waals surface area contributed by atoms with E-state index in [9.17, 15) is 13.6 Å². The minimum Gasteiger partial charge on any atom is -0.382 e. The number of nitrogens with one attached hydrogen (secondary N) is 1. The lowest BCUT2D eigenvalue weighted by Gasteiger charge is -2.15. The van der Waals surface area contributed by atoms with Crippen LogP contribution in [0.5, 0.6) is 0 Å². The second-order valence-corrected chi connectivity index (χ2v) is 9.29. The molecule has 4 aromatic heterocycles. The fraction of sp³-hybridized carbons (Fsp3) is 0.217. The van der Waals surface area contributed by atoms with Crippen molar-refractivity contribution in [1.82, 2.24) is 49.7 Å². The Morgan fingerprint density at radius 3 is 2.77 bits per heavy atom. The lowest BCUT2D eigenvalue weighted by Crippen LogP contribution is -2.25. The number of tetrazole rings is 1. The molecule has 12 nitrogen and oxygen atoms in total. The van der Waals surface area contributed by atoms with Gasteiger partial charge < -0.3 is 10.7 Å². The number of hydrogen-bond acceptors (Lipinski definition) is 9. The van der Waals surface area contributed by atoms with E-state index in [2.05, 4.69) is 40.4 Å². The van der Waals surface area contributed by atoms with Crippen molar-refractivity contribution in [2.24, 2.45) is 0 Å². The van der Waals surface area contributed by atoms with Gasteiger partial charge in [-0.3, -0.25) is 9.36 Å². The molecule has 39 heavy (non-hydrogen) atoms. The van der Waals surface area contributed by atoms with Crippen molar-refractivity contribution < 1.29 is 13.2 Å². The molecule has 0 radical (unpaired) electrons. The van der Waals surface area contributed by atoms with Gasteiger partial charge in [0.05, 0.1) is 46.1 Å². The Kier molecular flexibility index (Phi) is 5.86. The average Bonchev–Trinajstić information content (AvgIpc) is 3.66. The Morgan fingerprint density at radius 1 is 1.21 bits per heavy atom. The number of benzene rings is 1. The van der Waals surface area contributed by atoms with Gasteiger partial charge in [-0.1, -0.05) is 18.5 Å². The van der Waals surface area contributed by atoms with E-state index in [1.165, 1.54) is 46.2 Å². The predicted molar refractivity (Wildman–Crippen MR) is 132 cm³/mol. The number of halogens is 4. The molecular formula is C23H17ClF3N11O. The van der Waals surface area contributed by atoms with E-state index in [1.807, 2.05) is 6.92 Å². The molecule has 198 valence electrons. The van der Waals surface area contributed by atoms with Crippen molar-refractivity contribution in [3.8, 4) is 28.3 Å². The summed E-state index contributed by atoms with van der Waals surface area (Å²) in [6.45, 7) is 1.86. The smallest absolute Gasteiger partial charge is 0.282 e. The first-order valence-electron chi connectivity index (χ1n) is 11.5. The molecule has 3 N–H and O–H groups in total. The van der Waals surface area contributed by atoms with Crippen molar-refractivity contribution in [2.45, 2.75) is 31.7 Å². The molecule has 0 fully saturated rings. The van der Waals surface area contributed by atoms with Gasteiger partial charge in [0.2, 0.25) is 0 Å². The molecule has 2 atom stereocenters. The standard InChI is InChI=1S/C23H17ClF3N11O/c1-9-4-14(22-30-6-12(32-22)19-20(21(26)27)34-15(28)7-29-19)38-16(39)5-11(33-23(9)38)17-13(37-8-31-35-36-37)3-2-10(24)18(17)25/h2-3,5-9,14,21H,4H2,1H3,(H2,28,34)(H,30,32)/t9-,14-/m0/s1. The van der Waals surface area contributed by atoms with Gasteiger partial charge in [0.25, 0.3) is 12.0 Å². The van der Waals surface area contributed by atoms with E-state index in [1.54, 1.807) is 0 Å². The third-order valence-electron chi connectivity index (χ3n) is 6.42. The number of aromatic amines is 1. The molecule has 6 rings (SSSR count). The van der Waals surface area contributed by atoms with Gasteiger partial charge in [-0.2, -0.15) is 4.68 Å². The van der Waals surface area contributed by atoms with Gasteiger partial charge in [0.1, 0.15) is 35.2 Å². The molecule has 1 aliphatic rings. The minimum atomic E-state index is -2.91. The number of imidazole rings is 1. The van der Waals surface area contributed by atoms with Gasteiger partial charge in [0, 0.05) is 12.0 Å². The molecule has 5 aromatic rings. The maximum absolute atomic E-state index is 15.3. The van der Waals surface area contributed by atoms with Crippen LogP contribution < -0.4 is 11.3 Å². The number of hydrogen-bond donors (Lipinski definition) is 2. The normalized spacial score (nSPS) is 16.7. The lowest BCUT2D eigenvalue weighted by atomic mass is 10.1. The van der Waals surface area contributed by atoms with E-state index in [-0.39, 0.29) is 45.1 Å². The Labute approximate surface area is 221 Å². The van der Waals surface area contributed by atoms with Gasteiger partial charge in [-0.25, -0.2) is 33.1 Å². The zero-order chi connectivity index (χ0) is 27.4. The molecule has 0 spiro atoms. The first-order valence-corrected chi connectivity index (χ1v) is 11.9. The van der Waals surface area contributed by atoms with Crippen LogP contribution >= 0.6 is 11.6 Å². The molecule has 0 amide bonds. The van der Waals surface area contributed by atoms with Crippen LogP contribution in [-0.2, 0) is 0 Å². The van der Waals surface area contributed by atoms with Gasteiger partial charge in [-0.05, 0) is 29.0 Å². The molecule has 0 aliphatic carbocycles. The zero-order valence-corrected chi connectivity index (χ0v) is 20.7. The Morgan fingerprint density at radius 2 is 2.03 bits per heavy atom. The third kappa shape index (κ3) is 4.10. The van der Waals surface area contributed by atoms with E-state index < -0.39 is 29.5 Å². The van der Waals surface area contributed by atoms with E-state index in [0.29, 0.717) is 18.1 Å². The van der Waals surface area contributed by atoms with Gasteiger partial charge >= 0.3 is 0 Å². The van der Waals surface area contributed by atoms with Gasteiger partial charge in [0.15, 0.2) is 5.82 Å². The summed E-state index contributed by atoms with van der Waals surface area (Å²) in [7, 11) is 0. The number of aromatic nitrogens is 10. The van der Waals surface area contributed by atoms with Crippen molar-refractivity contribution >= 4 is 17.4 Å². The van der Waals surface area contributed by atoms with Crippen LogP contribution in [-0.4, -0.2) is 49.7 Å². The summed E-state index contributed by atoms with van der Waals surface area (Å²) in [5, 5.41) is 10.8. The summed E-state index contributed by atoms with van der Waals surface area (Å²) in [4.78, 5) is 33.1. The number of fused-ring (bicyclic) bond motifs is 1. The molecule has 0 bridgehead atoms. The van der Waals surface area contributed by atoms with Crippen LogP contribution in [0, 0.1) is 5.82 Å². The fourth-order valence-corrected chi connectivity index (χ4v) is 4.89. The highest BCUT2D eigenvalue weighted by Crippen LogP contribution is 2.39. The monoisotopic (exact) mass is 555 g/mol. The zero-order valence-electron chi connectivity index (χ0n) is 19.9. The maximum Gasteiger partial charge on any atom is 0.282 e. The number of rotatable bonds is 5.